The highest BCUT2D eigenvalue weighted by molar-refractivity contribution is 14.1. The fraction of sp³-hybridized carbons (Fsp3) is 0.533. The van der Waals surface area contributed by atoms with E-state index in [1.807, 2.05) is 32.0 Å². The molecule has 1 aromatic carbocycles. The van der Waals surface area contributed by atoms with Gasteiger partial charge in [-0.25, -0.2) is 0 Å². The van der Waals surface area contributed by atoms with E-state index in [-0.39, 0.29) is 23.9 Å². The molecule has 0 aliphatic heterocycles. The summed E-state index contributed by atoms with van der Waals surface area (Å²) in [4.78, 5) is 12.4. The first-order valence-corrected chi connectivity index (χ1v) is 7.64. The molecule has 5 heteroatoms. The molecule has 1 atom stereocenters. The molecule has 0 saturated carbocycles. The van der Waals surface area contributed by atoms with Crippen molar-refractivity contribution in [1.29, 1.82) is 0 Å². The molecule has 1 unspecified atom stereocenters. The third-order valence-corrected chi connectivity index (χ3v) is 4.03. The minimum atomic E-state index is -0.349. The van der Waals surface area contributed by atoms with Gasteiger partial charge in [-0.3, -0.25) is 4.79 Å². The van der Waals surface area contributed by atoms with Gasteiger partial charge < -0.3 is 11.1 Å². The molecule has 114 valence electrons. The maximum absolute atomic E-state index is 12.4. The predicted molar refractivity (Wildman–Crippen MR) is 95.5 cm³/mol. The number of aryl methyl sites for hydroxylation is 1. The molecule has 0 heterocycles. The molecule has 0 bridgehead atoms. The van der Waals surface area contributed by atoms with Crippen molar-refractivity contribution in [3.05, 3.63) is 32.9 Å². The molecule has 0 aromatic heterocycles. The van der Waals surface area contributed by atoms with Crippen LogP contribution in [0.4, 0.5) is 0 Å². The first-order valence-electron chi connectivity index (χ1n) is 6.56. The Morgan fingerprint density at radius 1 is 1.45 bits per heavy atom. The van der Waals surface area contributed by atoms with E-state index < -0.39 is 0 Å². The van der Waals surface area contributed by atoms with Crippen LogP contribution in [0.1, 0.15) is 43.1 Å². The van der Waals surface area contributed by atoms with Crippen LogP contribution in [0.2, 0.25) is 0 Å². The molecule has 1 amide bonds. The van der Waals surface area contributed by atoms with Gasteiger partial charge in [0, 0.05) is 15.7 Å². The van der Waals surface area contributed by atoms with Gasteiger partial charge in [-0.15, -0.1) is 12.4 Å². The van der Waals surface area contributed by atoms with Crippen molar-refractivity contribution < 1.29 is 4.79 Å². The smallest absolute Gasteiger partial charge is 0.252 e. The highest BCUT2D eigenvalue weighted by Gasteiger charge is 2.26. The van der Waals surface area contributed by atoms with Crippen molar-refractivity contribution in [2.45, 2.75) is 39.7 Å². The van der Waals surface area contributed by atoms with Crippen molar-refractivity contribution in [3.63, 3.8) is 0 Å². The van der Waals surface area contributed by atoms with Gasteiger partial charge in [0.25, 0.3) is 5.91 Å². The fourth-order valence-electron chi connectivity index (χ4n) is 2.24. The summed E-state index contributed by atoms with van der Waals surface area (Å²) in [6.45, 7) is 8.71. The Balaban J connectivity index is 0.00000361. The number of carbonyl (C=O) groups excluding carboxylic acids is 1. The molecule has 3 N–H and O–H groups in total. The summed E-state index contributed by atoms with van der Waals surface area (Å²) in [6.07, 6.45) is 0.873. The van der Waals surface area contributed by atoms with E-state index in [1.165, 1.54) is 0 Å². The number of hydrogen-bond acceptors (Lipinski definition) is 2. The van der Waals surface area contributed by atoms with Crippen LogP contribution >= 0.6 is 35.0 Å². The van der Waals surface area contributed by atoms with E-state index in [0.717, 1.165) is 21.1 Å². The molecule has 0 aliphatic rings. The summed E-state index contributed by atoms with van der Waals surface area (Å²) in [5.41, 5.74) is 7.30. The molecule has 0 radical (unpaired) electrons. The normalized spacial score (nSPS) is 13.6. The molecule has 0 spiro atoms. The minimum absolute atomic E-state index is 0. The van der Waals surface area contributed by atoms with Crippen LogP contribution in [0, 0.1) is 16.4 Å². The van der Waals surface area contributed by atoms with Crippen LogP contribution in [-0.4, -0.2) is 18.0 Å². The molecule has 3 nitrogen and oxygen atoms in total. The molecular weight excluding hydrogens is 387 g/mol. The molecule has 20 heavy (non-hydrogen) atoms. The van der Waals surface area contributed by atoms with Gasteiger partial charge in [-0.05, 0) is 60.9 Å². The highest BCUT2D eigenvalue weighted by atomic mass is 127. The SMILES string of the molecule is Cc1ccc(I)c(C(=O)NC(C)(CN)CC(C)C)c1.Cl. The molecular formula is C15H24ClIN2O. The number of carbonyl (C=O) groups is 1. The summed E-state index contributed by atoms with van der Waals surface area (Å²) in [7, 11) is 0. The third kappa shape index (κ3) is 5.58. The van der Waals surface area contributed by atoms with Crippen LogP contribution in [0.25, 0.3) is 0 Å². The van der Waals surface area contributed by atoms with E-state index >= 15 is 0 Å². The van der Waals surface area contributed by atoms with Crippen LogP contribution in [-0.2, 0) is 0 Å². The Labute approximate surface area is 141 Å². The quantitative estimate of drug-likeness (QED) is 0.730. The van der Waals surface area contributed by atoms with E-state index in [0.29, 0.717) is 12.5 Å². The second-order valence-electron chi connectivity index (χ2n) is 5.80. The first kappa shape index (κ1) is 19.7. The Hall–Kier alpha value is -0.330. The van der Waals surface area contributed by atoms with Gasteiger partial charge in [0.15, 0.2) is 0 Å². The molecule has 0 saturated heterocycles. The van der Waals surface area contributed by atoms with Crippen molar-refractivity contribution >= 4 is 40.9 Å². The lowest BCUT2D eigenvalue weighted by Crippen LogP contribution is -2.52. The van der Waals surface area contributed by atoms with Crippen molar-refractivity contribution in [3.8, 4) is 0 Å². The zero-order valence-electron chi connectivity index (χ0n) is 12.5. The third-order valence-electron chi connectivity index (χ3n) is 3.09. The van der Waals surface area contributed by atoms with Crippen molar-refractivity contribution in [2.75, 3.05) is 6.54 Å². The van der Waals surface area contributed by atoms with E-state index in [1.54, 1.807) is 0 Å². The number of nitrogens with one attached hydrogen (secondary N) is 1. The lowest BCUT2D eigenvalue weighted by molar-refractivity contribution is 0.0897. The zero-order valence-corrected chi connectivity index (χ0v) is 15.5. The Kier molecular flexibility index (Phi) is 8.06. The summed E-state index contributed by atoms with van der Waals surface area (Å²) in [5, 5.41) is 3.09. The minimum Gasteiger partial charge on any atom is -0.346 e. The number of hydrogen-bond donors (Lipinski definition) is 2. The number of benzene rings is 1. The average molecular weight is 411 g/mol. The number of nitrogens with two attached hydrogens (primary N) is 1. The Morgan fingerprint density at radius 2 is 2.05 bits per heavy atom. The number of halogens is 2. The van der Waals surface area contributed by atoms with E-state index in [9.17, 15) is 4.79 Å². The maximum Gasteiger partial charge on any atom is 0.252 e. The lowest BCUT2D eigenvalue weighted by atomic mass is 9.90. The average Bonchev–Trinajstić information content (AvgIpc) is 2.31. The summed E-state index contributed by atoms with van der Waals surface area (Å²) >= 11 is 2.19. The van der Waals surface area contributed by atoms with E-state index in [4.69, 9.17) is 5.73 Å². The van der Waals surface area contributed by atoms with Gasteiger partial charge in [-0.2, -0.15) is 0 Å². The molecule has 1 rings (SSSR count). The monoisotopic (exact) mass is 410 g/mol. The largest absolute Gasteiger partial charge is 0.346 e. The Morgan fingerprint density at radius 3 is 2.55 bits per heavy atom. The van der Waals surface area contributed by atoms with Crippen molar-refractivity contribution in [2.24, 2.45) is 11.7 Å². The summed E-state index contributed by atoms with van der Waals surface area (Å²) < 4.78 is 0.963. The van der Waals surface area contributed by atoms with Gasteiger partial charge >= 0.3 is 0 Å². The van der Waals surface area contributed by atoms with Crippen molar-refractivity contribution in [1.82, 2.24) is 5.32 Å². The summed E-state index contributed by atoms with van der Waals surface area (Å²) in [5.74, 6) is 0.451. The first-order chi connectivity index (χ1) is 8.77. The zero-order chi connectivity index (χ0) is 14.6. The number of rotatable bonds is 5. The predicted octanol–water partition coefficient (Wildman–Crippen LogP) is 3.51. The standard InChI is InChI=1S/C15H23IN2O.ClH/c1-10(2)8-15(4,9-17)18-14(19)12-7-11(3)5-6-13(12)16;/h5-7,10H,8-9,17H2,1-4H3,(H,18,19);1H. The van der Waals surface area contributed by atoms with Gasteiger partial charge in [0.05, 0.1) is 5.56 Å². The van der Waals surface area contributed by atoms with Gasteiger partial charge in [0.2, 0.25) is 0 Å². The Bertz CT molecular complexity index is 465. The maximum atomic E-state index is 12.4. The lowest BCUT2D eigenvalue weighted by Gasteiger charge is -2.31. The van der Waals surface area contributed by atoms with Crippen LogP contribution in [0.5, 0.6) is 0 Å². The van der Waals surface area contributed by atoms with Gasteiger partial charge in [-0.1, -0.05) is 25.5 Å². The molecule has 1 aromatic rings. The molecule has 0 fully saturated rings. The van der Waals surface area contributed by atoms with Crippen LogP contribution < -0.4 is 11.1 Å². The van der Waals surface area contributed by atoms with E-state index in [2.05, 4.69) is 41.8 Å². The molecule has 0 aliphatic carbocycles. The topological polar surface area (TPSA) is 55.1 Å². The van der Waals surface area contributed by atoms with Crippen LogP contribution in [0.15, 0.2) is 18.2 Å². The second-order valence-corrected chi connectivity index (χ2v) is 6.96. The second kappa shape index (κ2) is 8.20. The fourth-order valence-corrected chi connectivity index (χ4v) is 2.82. The summed E-state index contributed by atoms with van der Waals surface area (Å²) in [6, 6.07) is 5.89. The van der Waals surface area contributed by atoms with Crippen LogP contribution in [0.3, 0.4) is 0 Å². The number of amides is 1. The van der Waals surface area contributed by atoms with Gasteiger partial charge in [0.1, 0.15) is 0 Å². The highest BCUT2D eigenvalue weighted by Crippen LogP contribution is 2.19.